The van der Waals surface area contributed by atoms with Gasteiger partial charge in [-0.3, -0.25) is 4.79 Å². The lowest BCUT2D eigenvalue weighted by Gasteiger charge is -2.44. The Morgan fingerprint density at radius 3 is 2.68 bits per heavy atom. The summed E-state index contributed by atoms with van der Waals surface area (Å²) in [7, 11) is 1.86. The fourth-order valence-electron chi connectivity index (χ4n) is 2.64. The van der Waals surface area contributed by atoms with Crippen LogP contribution in [0.3, 0.4) is 0 Å². The van der Waals surface area contributed by atoms with Crippen LogP contribution in [0.2, 0.25) is 0 Å². The summed E-state index contributed by atoms with van der Waals surface area (Å²) in [5.41, 5.74) is 9.35. The Morgan fingerprint density at radius 2 is 2.05 bits per heavy atom. The van der Waals surface area contributed by atoms with Crippen molar-refractivity contribution in [2.75, 3.05) is 25.0 Å². The molecule has 1 aliphatic rings. The van der Waals surface area contributed by atoms with E-state index in [9.17, 15) is 4.79 Å². The average molecular weight is 261 g/mol. The first-order valence-electron chi connectivity index (χ1n) is 6.76. The molecule has 4 heteroatoms. The number of nitrogens with zero attached hydrogens (tertiary/aromatic N) is 2. The van der Waals surface area contributed by atoms with Crippen molar-refractivity contribution >= 4 is 11.6 Å². The lowest BCUT2D eigenvalue weighted by atomic mass is 10.0. The topological polar surface area (TPSA) is 49.6 Å². The van der Waals surface area contributed by atoms with Gasteiger partial charge in [0.15, 0.2) is 0 Å². The Kier molecular flexibility index (Phi) is 3.80. The minimum atomic E-state index is -0.248. The van der Waals surface area contributed by atoms with Crippen molar-refractivity contribution in [2.24, 2.45) is 5.73 Å². The molecule has 1 fully saturated rings. The zero-order chi connectivity index (χ0) is 14.2. The van der Waals surface area contributed by atoms with Crippen LogP contribution < -0.4 is 10.6 Å². The highest BCUT2D eigenvalue weighted by Gasteiger charge is 2.36. The zero-order valence-corrected chi connectivity index (χ0v) is 12.2. The normalized spacial score (nSPS) is 23.9. The summed E-state index contributed by atoms with van der Waals surface area (Å²) in [5.74, 6) is 0.113. The summed E-state index contributed by atoms with van der Waals surface area (Å²) in [6.07, 6.45) is 0. The maximum absolute atomic E-state index is 12.4. The molecule has 0 spiro atoms. The lowest BCUT2D eigenvalue weighted by molar-refractivity contribution is -0.134. The van der Waals surface area contributed by atoms with Crippen LogP contribution in [0.5, 0.6) is 0 Å². The number of likely N-dealkylation sites (N-methyl/N-ethyl adjacent to an activating group) is 1. The maximum atomic E-state index is 12.4. The molecule has 1 amide bonds. The molecule has 2 atom stereocenters. The van der Waals surface area contributed by atoms with Crippen LogP contribution in [0, 0.1) is 13.8 Å². The summed E-state index contributed by atoms with van der Waals surface area (Å²) in [6.45, 7) is 7.40. The number of nitrogens with two attached hydrogens (primary N) is 1. The molecule has 0 saturated carbocycles. The zero-order valence-electron chi connectivity index (χ0n) is 12.2. The van der Waals surface area contributed by atoms with Crippen molar-refractivity contribution in [2.45, 2.75) is 32.9 Å². The molecule has 1 aliphatic heterocycles. The number of piperazine rings is 1. The molecule has 2 unspecified atom stereocenters. The number of hydrogen-bond donors (Lipinski definition) is 1. The molecular weight excluding hydrogens is 238 g/mol. The summed E-state index contributed by atoms with van der Waals surface area (Å²) in [4.78, 5) is 16.3. The fourth-order valence-corrected chi connectivity index (χ4v) is 2.64. The first-order chi connectivity index (χ1) is 8.95. The SMILES string of the molecule is Cc1ccc(C)c(N2CC(C)N(C)C(=O)C2CN)c1. The van der Waals surface area contributed by atoms with E-state index < -0.39 is 0 Å². The Bertz CT molecular complexity index is 486. The molecule has 1 aromatic rings. The van der Waals surface area contributed by atoms with Crippen molar-refractivity contribution in [1.29, 1.82) is 0 Å². The lowest BCUT2D eigenvalue weighted by Crippen LogP contribution is -2.62. The minimum Gasteiger partial charge on any atom is -0.356 e. The van der Waals surface area contributed by atoms with Crippen molar-refractivity contribution in [3.63, 3.8) is 0 Å². The number of carbonyl (C=O) groups excluding carboxylic acids is 1. The van der Waals surface area contributed by atoms with Gasteiger partial charge in [0.25, 0.3) is 0 Å². The van der Waals surface area contributed by atoms with Crippen LogP contribution in [0.1, 0.15) is 18.1 Å². The molecule has 0 aliphatic carbocycles. The Labute approximate surface area is 115 Å². The predicted molar refractivity (Wildman–Crippen MR) is 78.3 cm³/mol. The molecule has 1 saturated heterocycles. The van der Waals surface area contributed by atoms with Gasteiger partial charge >= 0.3 is 0 Å². The van der Waals surface area contributed by atoms with Crippen molar-refractivity contribution in [3.8, 4) is 0 Å². The molecule has 4 nitrogen and oxygen atoms in total. The largest absolute Gasteiger partial charge is 0.356 e. The molecule has 0 radical (unpaired) electrons. The molecule has 19 heavy (non-hydrogen) atoms. The van der Waals surface area contributed by atoms with E-state index in [1.165, 1.54) is 11.1 Å². The number of amides is 1. The minimum absolute atomic E-state index is 0.113. The van der Waals surface area contributed by atoms with Gasteiger partial charge in [0.05, 0.1) is 0 Å². The standard InChI is InChI=1S/C15H23N3O/c1-10-5-6-11(2)13(7-10)18-9-12(3)17(4)15(19)14(18)8-16/h5-7,12,14H,8-9,16H2,1-4H3. The average Bonchev–Trinajstić information content (AvgIpc) is 2.38. The van der Waals surface area contributed by atoms with E-state index in [0.717, 1.165) is 12.2 Å². The van der Waals surface area contributed by atoms with E-state index in [-0.39, 0.29) is 18.0 Å². The number of aryl methyl sites for hydroxylation is 2. The van der Waals surface area contributed by atoms with Crippen molar-refractivity contribution < 1.29 is 4.79 Å². The van der Waals surface area contributed by atoms with Crippen LogP contribution in [-0.2, 0) is 4.79 Å². The van der Waals surface area contributed by atoms with Crippen LogP contribution in [-0.4, -0.2) is 43.0 Å². The molecule has 2 N–H and O–H groups in total. The van der Waals surface area contributed by atoms with Crippen LogP contribution in [0.4, 0.5) is 5.69 Å². The third kappa shape index (κ3) is 2.45. The van der Waals surface area contributed by atoms with Gasteiger partial charge in [-0.1, -0.05) is 12.1 Å². The van der Waals surface area contributed by atoms with E-state index in [4.69, 9.17) is 5.73 Å². The number of carbonyl (C=O) groups is 1. The number of rotatable bonds is 2. The quantitative estimate of drug-likeness (QED) is 0.873. The fraction of sp³-hybridized carbons (Fsp3) is 0.533. The van der Waals surface area contributed by atoms with E-state index in [1.54, 1.807) is 4.90 Å². The van der Waals surface area contributed by atoms with Crippen LogP contribution in [0.15, 0.2) is 18.2 Å². The third-order valence-corrected chi connectivity index (χ3v) is 4.03. The molecule has 2 rings (SSSR count). The van der Waals surface area contributed by atoms with Crippen molar-refractivity contribution in [3.05, 3.63) is 29.3 Å². The summed E-state index contributed by atoms with van der Waals surface area (Å²) >= 11 is 0. The van der Waals surface area contributed by atoms with Gasteiger partial charge in [-0.05, 0) is 38.0 Å². The molecular formula is C15H23N3O. The van der Waals surface area contributed by atoms with Gasteiger partial charge in [-0.25, -0.2) is 0 Å². The first kappa shape index (κ1) is 13.9. The molecule has 104 valence electrons. The highest BCUT2D eigenvalue weighted by Crippen LogP contribution is 2.27. The number of anilines is 1. The van der Waals surface area contributed by atoms with Crippen molar-refractivity contribution in [1.82, 2.24) is 4.90 Å². The second-order valence-electron chi connectivity index (χ2n) is 5.49. The van der Waals surface area contributed by atoms with Gasteiger partial charge in [0.2, 0.25) is 5.91 Å². The monoisotopic (exact) mass is 261 g/mol. The Hall–Kier alpha value is -1.55. The Morgan fingerprint density at radius 1 is 1.37 bits per heavy atom. The van der Waals surface area contributed by atoms with Gasteiger partial charge in [0.1, 0.15) is 6.04 Å². The van der Waals surface area contributed by atoms with Crippen LogP contribution >= 0.6 is 0 Å². The highest BCUT2D eigenvalue weighted by atomic mass is 16.2. The van der Waals surface area contributed by atoms with Crippen LogP contribution in [0.25, 0.3) is 0 Å². The molecule has 1 aromatic carbocycles. The number of benzene rings is 1. The first-order valence-corrected chi connectivity index (χ1v) is 6.76. The van der Waals surface area contributed by atoms with Gasteiger partial charge in [-0.15, -0.1) is 0 Å². The molecule has 0 aromatic heterocycles. The van der Waals surface area contributed by atoms with E-state index in [0.29, 0.717) is 6.54 Å². The number of hydrogen-bond acceptors (Lipinski definition) is 3. The molecule has 1 heterocycles. The van der Waals surface area contributed by atoms with E-state index >= 15 is 0 Å². The predicted octanol–water partition coefficient (Wildman–Crippen LogP) is 1.30. The maximum Gasteiger partial charge on any atom is 0.246 e. The molecule has 0 bridgehead atoms. The Balaban J connectivity index is 2.41. The third-order valence-electron chi connectivity index (χ3n) is 4.03. The van der Waals surface area contributed by atoms with Gasteiger partial charge in [0, 0.05) is 31.9 Å². The summed E-state index contributed by atoms with van der Waals surface area (Å²) in [6, 6.07) is 6.30. The van der Waals surface area contributed by atoms with Gasteiger partial charge < -0.3 is 15.5 Å². The second kappa shape index (κ2) is 5.21. The summed E-state index contributed by atoms with van der Waals surface area (Å²) in [5, 5.41) is 0. The van der Waals surface area contributed by atoms with E-state index in [2.05, 4.69) is 43.9 Å². The smallest absolute Gasteiger partial charge is 0.246 e. The van der Waals surface area contributed by atoms with E-state index in [1.807, 2.05) is 7.05 Å². The summed E-state index contributed by atoms with van der Waals surface area (Å²) < 4.78 is 0. The second-order valence-corrected chi connectivity index (χ2v) is 5.49. The van der Waals surface area contributed by atoms with Gasteiger partial charge in [-0.2, -0.15) is 0 Å². The highest BCUT2D eigenvalue weighted by molar-refractivity contribution is 5.87.